The highest BCUT2D eigenvalue weighted by molar-refractivity contribution is 6.43. The lowest BCUT2D eigenvalue weighted by Crippen LogP contribution is -2.02. The molecule has 0 aliphatic rings. The third kappa shape index (κ3) is 3.09. The molecule has 0 aliphatic carbocycles. The summed E-state index contributed by atoms with van der Waals surface area (Å²) in [7, 11) is 0. The number of Topliss-reactive ketones (excluding diaryl/α,β-unsaturated/α-hetero) is 1. The van der Waals surface area contributed by atoms with Crippen LogP contribution in [-0.2, 0) is 6.42 Å². The van der Waals surface area contributed by atoms with Gasteiger partial charge in [-0.1, -0.05) is 29.3 Å². The number of hydrogen-bond acceptors (Lipinski definition) is 2. The lowest BCUT2D eigenvalue weighted by molar-refractivity contribution is 0.0983. The summed E-state index contributed by atoms with van der Waals surface area (Å²) in [5.41, 5.74) is 1.56. The number of halogens is 2. The fraction of sp³-hybridized carbons (Fsp3) is 0.143. The first-order valence-corrected chi connectivity index (χ1v) is 6.30. The average molecular weight is 280 g/mol. The van der Waals surface area contributed by atoms with Crippen molar-refractivity contribution in [2.24, 2.45) is 0 Å². The molecule has 0 N–H and O–H groups in total. The van der Waals surface area contributed by atoms with Gasteiger partial charge in [-0.25, -0.2) is 0 Å². The van der Waals surface area contributed by atoms with E-state index in [9.17, 15) is 4.79 Å². The topological polar surface area (TPSA) is 30.0 Å². The number of carbonyl (C=O) groups excluding carboxylic acids is 1. The van der Waals surface area contributed by atoms with Crippen molar-refractivity contribution in [1.82, 2.24) is 4.98 Å². The van der Waals surface area contributed by atoms with Gasteiger partial charge in [-0.05, 0) is 36.2 Å². The normalized spacial score (nSPS) is 10.3. The third-order valence-electron chi connectivity index (χ3n) is 2.64. The molecule has 92 valence electrons. The van der Waals surface area contributed by atoms with E-state index in [-0.39, 0.29) is 5.78 Å². The lowest BCUT2D eigenvalue weighted by Gasteiger charge is -2.05. The van der Waals surface area contributed by atoms with Gasteiger partial charge in [0.15, 0.2) is 5.78 Å². The van der Waals surface area contributed by atoms with Crippen molar-refractivity contribution < 1.29 is 4.79 Å². The first-order valence-electron chi connectivity index (χ1n) is 5.54. The molecule has 4 heteroatoms. The van der Waals surface area contributed by atoms with Gasteiger partial charge in [-0.2, -0.15) is 0 Å². The van der Waals surface area contributed by atoms with Crippen LogP contribution in [0.4, 0.5) is 0 Å². The number of carbonyl (C=O) groups is 1. The number of nitrogens with zero attached hydrogens (tertiary/aromatic N) is 1. The minimum atomic E-state index is -0.000637. The first kappa shape index (κ1) is 13.1. The summed E-state index contributed by atoms with van der Waals surface area (Å²) in [6.45, 7) is 0. The summed E-state index contributed by atoms with van der Waals surface area (Å²) in [5, 5.41) is 0.741. The second-order valence-corrected chi connectivity index (χ2v) is 4.67. The fourth-order valence-electron chi connectivity index (χ4n) is 1.66. The maximum absolute atomic E-state index is 12.0. The molecule has 0 aliphatic heterocycles. The Balaban J connectivity index is 2.07. The van der Waals surface area contributed by atoms with E-state index in [1.54, 1.807) is 30.6 Å². The first-order chi connectivity index (χ1) is 8.68. The molecule has 2 nitrogen and oxygen atoms in total. The highest BCUT2D eigenvalue weighted by Gasteiger charge is 2.12. The van der Waals surface area contributed by atoms with E-state index < -0.39 is 0 Å². The summed E-state index contributed by atoms with van der Waals surface area (Å²) < 4.78 is 0. The Kier molecular flexibility index (Phi) is 4.34. The molecule has 2 aromatic rings. The Morgan fingerprint density at radius 1 is 1.11 bits per heavy atom. The van der Waals surface area contributed by atoms with Gasteiger partial charge in [-0.15, -0.1) is 0 Å². The van der Waals surface area contributed by atoms with Crippen molar-refractivity contribution in [2.45, 2.75) is 12.8 Å². The maximum Gasteiger partial charge on any atom is 0.164 e. The smallest absolute Gasteiger partial charge is 0.164 e. The summed E-state index contributed by atoms with van der Waals surface area (Å²) in [6.07, 6.45) is 4.51. The zero-order valence-electron chi connectivity index (χ0n) is 9.57. The monoisotopic (exact) mass is 279 g/mol. The summed E-state index contributed by atoms with van der Waals surface area (Å²) in [5.74, 6) is -0.000637. The number of hydrogen-bond donors (Lipinski definition) is 0. The molecule has 0 bridgehead atoms. The largest absolute Gasteiger partial charge is 0.294 e. The number of pyridine rings is 1. The summed E-state index contributed by atoms with van der Waals surface area (Å²) >= 11 is 11.9. The Morgan fingerprint density at radius 2 is 1.83 bits per heavy atom. The molecule has 0 saturated carbocycles. The zero-order chi connectivity index (χ0) is 13.0. The van der Waals surface area contributed by atoms with Gasteiger partial charge in [0.2, 0.25) is 0 Å². The van der Waals surface area contributed by atoms with Crippen LogP contribution in [0, 0.1) is 0 Å². The molecule has 1 aromatic heterocycles. The van der Waals surface area contributed by atoms with Gasteiger partial charge in [-0.3, -0.25) is 9.78 Å². The molecule has 18 heavy (non-hydrogen) atoms. The predicted octanol–water partition coefficient (Wildman–Crippen LogP) is 4.20. The molecule has 2 rings (SSSR count). The van der Waals surface area contributed by atoms with E-state index in [1.165, 1.54) is 0 Å². The van der Waals surface area contributed by atoms with Crippen molar-refractivity contribution in [1.29, 1.82) is 0 Å². The van der Waals surface area contributed by atoms with Crippen molar-refractivity contribution in [3.8, 4) is 0 Å². The van der Waals surface area contributed by atoms with Crippen LogP contribution in [0.5, 0.6) is 0 Å². The fourth-order valence-corrected chi connectivity index (χ4v) is 2.07. The van der Waals surface area contributed by atoms with Gasteiger partial charge < -0.3 is 0 Å². The number of rotatable bonds is 4. The minimum absolute atomic E-state index is 0.000637. The molecule has 0 atom stereocenters. The Morgan fingerprint density at radius 3 is 2.56 bits per heavy atom. The van der Waals surface area contributed by atoms with Crippen LogP contribution >= 0.6 is 23.2 Å². The molecule has 0 radical (unpaired) electrons. The van der Waals surface area contributed by atoms with Crippen molar-refractivity contribution >= 4 is 29.0 Å². The van der Waals surface area contributed by atoms with Gasteiger partial charge >= 0.3 is 0 Å². The SMILES string of the molecule is O=C(CCc1ccncc1)c1cccc(Cl)c1Cl. The van der Waals surface area contributed by atoms with Gasteiger partial charge in [0, 0.05) is 24.4 Å². The third-order valence-corrected chi connectivity index (χ3v) is 3.46. The summed E-state index contributed by atoms with van der Waals surface area (Å²) in [4.78, 5) is 16.0. The van der Waals surface area contributed by atoms with E-state index in [2.05, 4.69) is 4.98 Å². The zero-order valence-corrected chi connectivity index (χ0v) is 11.1. The standard InChI is InChI=1S/C14H11Cl2NO/c15-12-3-1-2-11(14(12)16)13(18)5-4-10-6-8-17-9-7-10/h1-3,6-9H,4-5H2. The Labute approximate surface area is 116 Å². The van der Waals surface area contributed by atoms with E-state index in [0.717, 1.165) is 5.56 Å². The highest BCUT2D eigenvalue weighted by Crippen LogP contribution is 2.26. The summed E-state index contributed by atoms with van der Waals surface area (Å²) in [6, 6.07) is 8.89. The predicted molar refractivity (Wildman–Crippen MR) is 73.4 cm³/mol. The van der Waals surface area contributed by atoms with Crippen LogP contribution in [-0.4, -0.2) is 10.8 Å². The van der Waals surface area contributed by atoms with E-state index in [4.69, 9.17) is 23.2 Å². The minimum Gasteiger partial charge on any atom is -0.294 e. The van der Waals surface area contributed by atoms with Gasteiger partial charge in [0.25, 0.3) is 0 Å². The molecule has 0 spiro atoms. The van der Waals surface area contributed by atoms with Crippen LogP contribution < -0.4 is 0 Å². The lowest BCUT2D eigenvalue weighted by atomic mass is 10.0. The van der Waals surface area contributed by atoms with Gasteiger partial charge in [0.05, 0.1) is 10.0 Å². The van der Waals surface area contributed by atoms with Crippen LogP contribution in [0.15, 0.2) is 42.7 Å². The molecule has 1 aromatic carbocycles. The molecular formula is C14H11Cl2NO. The van der Waals surface area contributed by atoms with Gasteiger partial charge in [0.1, 0.15) is 0 Å². The molecule has 0 amide bonds. The number of benzene rings is 1. The van der Waals surface area contributed by atoms with Crippen molar-refractivity contribution in [2.75, 3.05) is 0 Å². The molecular weight excluding hydrogens is 269 g/mol. The van der Waals surface area contributed by atoms with Crippen LogP contribution in [0.3, 0.4) is 0 Å². The second-order valence-electron chi connectivity index (χ2n) is 3.88. The van der Waals surface area contributed by atoms with Crippen molar-refractivity contribution in [3.05, 3.63) is 63.9 Å². The molecule has 1 heterocycles. The average Bonchev–Trinajstić information content (AvgIpc) is 2.40. The number of aryl methyl sites for hydroxylation is 1. The molecule has 0 saturated heterocycles. The molecule has 0 unspecified atom stereocenters. The van der Waals surface area contributed by atoms with E-state index >= 15 is 0 Å². The van der Waals surface area contributed by atoms with Crippen molar-refractivity contribution in [3.63, 3.8) is 0 Å². The Bertz CT molecular complexity index is 555. The second kappa shape index (κ2) is 5.98. The number of ketones is 1. The van der Waals surface area contributed by atoms with E-state index in [0.29, 0.717) is 28.5 Å². The quantitative estimate of drug-likeness (QED) is 0.785. The Hall–Kier alpha value is -1.38. The van der Waals surface area contributed by atoms with E-state index in [1.807, 2.05) is 12.1 Å². The van der Waals surface area contributed by atoms with Crippen LogP contribution in [0.1, 0.15) is 22.3 Å². The highest BCUT2D eigenvalue weighted by atomic mass is 35.5. The van der Waals surface area contributed by atoms with Crippen LogP contribution in [0.25, 0.3) is 0 Å². The van der Waals surface area contributed by atoms with Crippen LogP contribution in [0.2, 0.25) is 10.0 Å². The number of aromatic nitrogens is 1. The molecule has 0 fully saturated rings. The maximum atomic E-state index is 12.0.